The molecule has 1 aromatic carbocycles. The zero-order chi connectivity index (χ0) is 18.9. The Balaban J connectivity index is 0.00000280. The van der Waals surface area contributed by atoms with Gasteiger partial charge >= 0.3 is 0 Å². The largest absolute Gasteiger partial charge is 0.475 e. The third-order valence-corrected chi connectivity index (χ3v) is 4.78. The van der Waals surface area contributed by atoms with Crippen molar-refractivity contribution in [2.24, 2.45) is 4.99 Å². The maximum atomic E-state index is 5.71. The standard InChI is InChI=1S/C21H28N4O2.HI/c1-22-21(25-12-10-19(16-25)17-7-4-3-5-8-17)24-15-18-9-6-11-23-20(18)27-14-13-26-2;/h3-9,11,19H,10,12-16H2,1-2H3,(H,22,24);1H. The van der Waals surface area contributed by atoms with E-state index in [2.05, 4.69) is 50.5 Å². The number of rotatable bonds is 7. The number of benzene rings is 1. The number of pyridine rings is 1. The van der Waals surface area contributed by atoms with Gasteiger partial charge in [-0.2, -0.15) is 0 Å². The van der Waals surface area contributed by atoms with Gasteiger partial charge in [0.2, 0.25) is 5.88 Å². The fraction of sp³-hybridized carbons (Fsp3) is 0.429. The predicted octanol–water partition coefficient (Wildman–Crippen LogP) is 3.29. The van der Waals surface area contributed by atoms with Crippen molar-refractivity contribution in [1.82, 2.24) is 15.2 Å². The number of aromatic nitrogens is 1. The van der Waals surface area contributed by atoms with E-state index in [1.165, 1.54) is 5.56 Å². The summed E-state index contributed by atoms with van der Waals surface area (Å²) in [6.07, 6.45) is 2.88. The number of nitrogens with zero attached hydrogens (tertiary/aromatic N) is 3. The molecule has 1 aliphatic heterocycles. The fourth-order valence-corrected chi connectivity index (χ4v) is 3.37. The molecule has 6 nitrogen and oxygen atoms in total. The van der Waals surface area contributed by atoms with Gasteiger partial charge in [-0.15, -0.1) is 24.0 Å². The number of hydrogen-bond donors (Lipinski definition) is 1. The monoisotopic (exact) mass is 496 g/mol. The number of halogens is 1. The van der Waals surface area contributed by atoms with Gasteiger partial charge in [0.25, 0.3) is 0 Å². The van der Waals surface area contributed by atoms with Crippen LogP contribution in [0.2, 0.25) is 0 Å². The van der Waals surface area contributed by atoms with Crippen LogP contribution in [0.25, 0.3) is 0 Å². The molecule has 0 radical (unpaired) electrons. The molecule has 1 atom stereocenters. The third kappa shape index (κ3) is 6.07. The molecule has 1 N–H and O–H groups in total. The number of aliphatic imine (C=N–C) groups is 1. The Morgan fingerprint density at radius 2 is 2.04 bits per heavy atom. The van der Waals surface area contributed by atoms with Crippen LogP contribution in [0.3, 0.4) is 0 Å². The minimum Gasteiger partial charge on any atom is -0.475 e. The smallest absolute Gasteiger partial charge is 0.218 e. The Labute approximate surface area is 184 Å². The molecule has 1 unspecified atom stereocenters. The molecule has 0 bridgehead atoms. The van der Waals surface area contributed by atoms with Crippen molar-refractivity contribution in [2.75, 3.05) is 40.5 Å². The number of likely N-dealkylation sites (tertiary alicyclic amines) is 1. The maximum absolute atomic E-state index is 5.71. The normalized spacial score (nSPS) is 16.6. The van der Waals surface area contributed by atoms with Crippen molar-refractivity contribution < 1.29 is 9.47 Å². The summed E-state index contributed by atoms with van der Waals surface area (Å²) < 4.78 is 10.8. The lowest BCUT2D eigenvalue weighted by molar-refractivity contribution is 0.143. The highest BCUT2D eigenvalue weighted by Gasteiger charge is 2.25. The molecular weight excluding hydrogens is 467 g/mol. The second-order valence-corrected chi connectivity index (χ2v) is 6.55. The van der Waals surface area contributed by atoms with E-state index in [0.717, 1.165) is 31.0 Å². The first-order chi connectivity index (χ1) is 13.3. The van der Waals surface area contributed by atoms with Crippen molar-refractivity contribution in [3.05, 3.63) is 59.8 Å². The van der Waals surface area contributed by atoms with Gasteiger partial charge in [0.15, 0.2) is 5.96 Å². The molecule has 1 fully saturated rings. The molecule has 7 heteroatoms. The van der Waals surface area contributed by atoms with Gasteiger partial charge in [0.1, 0.15) is 6.61 Å². The number of hydrogen-bond acceptors (Lipinski definition) is 4. The molecule has 0 aliphatic carbocycles. The molecule has 2 heterocycles. The molecule has 3 rings (SSSR count). The van der Waals surface area contributed by atoms with Crippen LogP contribution in [0.4, 0.5) is 0 Å². The van der Waals surface area contributed by atoms with Gasteiger partial charge in [0, 0.05) is 51.5 Å². The highest BCUT2D eigenvalue weighted by molar-refractivity contribution is 14.0. The Kier molecular flexibility index (Phi) is 9.49. The molecule has 28 heavy (non-hydrogen) atoms. The second-order valence-electron chi connectivity index (χ2n) is 6.55. The zero-order valence-electron chi connectivity index (χ0n) is 16.5. The van der Waals surface area contributed by atoms with Crippen molar-refractivity contribution in [2.45, 2.75) is 18.9 Å². The van der Waals surface area contributed by atoms with Gasteiger partial charge in [-0.3, -0.25) is 4.99 Å². The lowest BCUT2D eigenvalue weighted by atomic mass is 9.99. The van der Waals surface area contributed by atoms with Crippen molar-refractivity contribution >= 4 is 29.9 Å². The Morgan fingerprint density at radius 3 is 2.79 bits per heavy atom. The van der Waals surface area contributed by atoms with Gasteiger partial charge < -0.3 is 19.7 Å². The number of ether oxygens (including phenoxy) is 2. The first-order valence-corrected chi connectivity index (χ1v) is 9.38. The summed E-state index contributed by atoms with van der Waals surface area (Å²) in [6, 6.07) is 14.7. The quantitative estimate of drug-likeness (QED) is 0.276. The summed E-state index contributed by atoms with van der Waals surface area (Å²) in [5.41, 5.74) is 2.41. The molecule has 1 saturated heterocycles. The van der Waals surface area contributed by atoms with E-state index in [4.69, 9.17) is 9.47 Å². The third-order valence-electron chi connectivity index (χ3n) is 4.78. The van der Waals surface area contributed by atoms with Crippen molar-refractivity contribution in [3.8, 4) is 5.88 Å². The average Bonchev–Trinajstić information content (AvgIpc) is 3.20. The van der Waals surface area contributed by atoms with Crippen LogP contribution in [0.1, 0.15) is 23.5 Å². The summed E-state index contributed by atoms with van der Waals surface area (Å²) in [4.78, 5) is 11.1. The van der Waals surface area contributed by atoms with Gasteiger partial charge in [-0.1, -0.05) is 36.4 Å². The maximum Gasteiger partial charge on any atom is 0.218 e. The van der Waals surface area contributed by atoms with Gasteiger partial charge in [0.05, 0.1) is 6.61 Å². The van der Waals surface area contributed by atoms with Crippen LogP contribution in [0.5, 0.6) is 5.88 Å². The van der Waals surface area contributed by atoms with E-state index in [0.29, 0.717) is 31.6 Å². The molecule has 0 saturated carbocycles. The van der Waals surface area contributed by atoms with Gasteiger partial charge in [-0.25, -0.2) is 4.98 Å². The molecule has 0 spiro atoms. The number of nitrogens with one attached hydrogen (secondary N) is 1. The van der Waals surface area contributed by atoms with Crippen molar-refractivity contribution in [3.63, 3.8) is 0 Å². The summed E-state index contributed by atoms with van der Waals surface area (Å²) in [6.45, 7) is 3.63. The Morgan fingerprint density at radius 1 is 1.21 bits per heavy atom. The molecule has 152 valence electrons. The van der Waals surface area contributed by atoms with E-state index in [1.54, 1.807) is 13.3 Å². The Bertz CT molecular complexity index is 742. The lowest BCUT2D eigenvalue weighted by Gasteiger charge is -2.22. The summed E-state index contributed by atoms with van der Waals surface area (Å²) in [5.74, 6) is 2.11. The first kappa shape index (κ1) is 22.4. The van der Waals surface area contributed by atoms with Crippen LogP contribution in [-0.4, -0.2) is 56.3 Å². The van der Waals surface area contributed by atoms with E-state index >= 15 is 0 Å². The Hall–Kier alpha value is -1.87. The molecule has 0 amide bonds. The molecule has 1 aromatic heterocycles. The van der Waals surface area contributed by atoms with Crippen LogP contribution in [-0.2, 0) is 11.3 Å². The summed E-state index contributed by atoms with van der Waals surface area (Å²) in [5, 5.41) is 3.46. The lowest BCUT2D eigenvalue weighted by Crippen LogP contribution is -2.39. The van der Waals surface area contributed by atoms with E-state index in [-0.39, 0.29) is 24.0 Å². The average molecular weight is 496 g/mol. The summed E-state index contributed by atoms with van der Waals surface area (Å²) >= 11 is 0. The molecule has 1 aliphatic rings. The SMILES string of the molecule is CN=C(NCc1cccnc1OCCOC)N1CCC(c2ccccc2)C1.I. The topological polar surface area (TPSA) is 59.0 Å². The predicted molar refractivity (Wildman–Crippen MR) is 123 cm³/mol. The fourth-order valence-electron chi connectivity index (χ4n) is 3.37. The second kappa shape index (κ2) is 11.9. The number of guanidine groups is 1. The molecular formula is C21H29IN4O2. The van der Waals surface area contributed by atoms with Crippen LogP contribution < -0.4 is 10.1 Å². The van der Waals surface area contributed by atoms with Crippen LogP contribution >= 0.6 is 24.0 Å². The highest BCUT2D eigenvalue weighted by Crippen LogP contribution is 2.27. The molecule has 2 aromatic rings. The van der Waals surface area contributed by atoms with Crippen LogP contribution in [0.15, 0.2) is 53.7 Å². The zero-order valence-corrected chi connectivity index (χ0v) is 18.8. The van der Waals surface area contributed by atoms with E-state index < -0.39 is 0 Å². The van der Waals surface area contributed by atoms with E-state index in [1.807, 2.05) is 19.2 Å². The highest BCUT2D eigenvalue weighted by atomic mass is 127. The summed E-state index contributed by atoms with van der Waals surface area (Å²) in [7, 11) is 3.49. The number of methoxy groups -OCH3 is 1. The minimum atomic E-state index is 0. The van der Waals surface area contributed by atoms with E-state index in [9.17, 15) is 0 Å². The van der Waals surface area contributed by atoms with Crippen LogP contribution in [0, 0.1) is 0 Å². The first-order valence-electron chi connectivity index (χ1n) is 9.38. The van der Waals surface area contributed by atoms with Gasteiger partial charge in [-0.05, 0) is 18.1 Å². The minimum absolute atomic E-state index is 0. The van der Waals surface area contributed by atoms with Crippen molar-refractivity contribution in [1.29, 1.82) is 0 Å².